The van der Waals surface area contributed by atoms with E-state index in [9.17, 15) is 9.90 Å². The van der Waals surface area contributed by atoms with Gasteiger partial charge >= 0.3 is 5.97 Å². The zero-order chi connectivity index (χ0) is 12.1. The van der Waals surface area contributed by atoms with E-state index < -0.39 is 0 Å². The molecule has 16 heavy (non-hydrogen) atoms. The van der Waals surface area contributed by atoms with Gasteiger partial charge in [-0.3, -0.25) is 4.79 Å². The largest absolute Gasteiger partial charge is 0.469 e. The number of aliphatic hydroxyl groups excluding tert-OH is 1. The van der Waals surface area contributed by atoms with Gasteiger partial charge in [0.1, 0.15) is 0 Å². The highest BCUT2D eigenvalue weighted by molar-refractivity contribution is 5.72. The molecule has 0 fully saturated rings. The first-order valence-corrected chi connectivity index (χ1v) is 5.74. The molecule has 0 aromatic heterocycles. The summed E-state index contributed by atoms with van der Waals surface area (Å²) in [5, 5.41) is 9.51. The number of aliphatic hydroxyl groups is 1. The zero-order valence-corrected chi connectivity index (χ0v) is 10.2. The molecular weight excluding hydrogens is 204 g/mol. The van der Waals surface area contributed by atoms with Gasteiger partial charge in [0.2, 0.25) is 0 Å². The van der Waals surface area contributed by atoms with Gasteiger partial charge in [-0.25, -0.2) is 0 Å². The van der Waals surface area contributed by atoms with Crippen molar-refractivity contribution in [1.29, 1.82) is 0 Å². The van der Waals surface area contributed by atoms with Crippen molar-refractivity contribution in [2.75, 3.05) is 7.11 Å². The number of ether oxygens (including phenoxy) is 1. The van der Waals surface area contributed by atoms with Crippen LogP contribution >= 0.6 is 0 Å². The van der Waals surface area contributed by atoms with E-state index in [1.807, 2.05) is 19.1 Å². The number of hydrogen-bond acceptors (Lipinski definition) is 3. The van der Waals surface area contributed by atoms with E-state index >= 15 is 0 Å². The van der Waals surface area contributed by atoms with E-state index in [-0.39, 0.29) is 18.0 Å². The lowest BCUT2D eigenvalue weighted by Crippen LogP contribution is -2.16. The molecule has 0 aromatic carbocycles. The first-order chi connectivity index (χ1) is 7.58. The van der Waals surface area contributed by atoms with Crippen molar-refractivity contribution in [2.24, 2.45) is 5.92 Å². The fraction of sp³-hybridized carbons (Fsp3) is 0.615. The summed E-state index contributed by atoms with van der Waals surface area (Å²) in [6.45, 7) is 3.92. The van der Waals surface area contributed by atoms with Crippen molar-refractivity contribution in [3.05, 3.63) is 23.3 Å². The second kappa shape index (κ2) is 5.85. The van der Waals surface area contributed by atoms with Crippen LogP contribution in [-0.2, 0) is 9.53 Å². The summed E-state index contributed by atoms with van der Waals surface area (Å²) < 4.78 is 4.71. The Balaban J connectivity index is 2.67. The minimum Gasteiger partial charge on any atom is -0.469 e. The van der Waals surface area contributed by atoms with Crippen LogP contribution in [0.1, 0.15) is 33.1 Å². The molecule has 0 saturated heterocycles. The quantitative estimate of drug-likeness (QED) is 0.745. The van der Waals surface area contributed by atoms with E-state index in [0.717, 1.165) is 12.0 Å². The van der Waals surface area contributed by atoms with Crippen molar-refractivity contribution in [3.63, 3.8) is 0 Å². The number of carbonyl (C=O) groups excluding carboxylic acids is 1. The van der Waals surface area contributed by atoms with Crippen LogP contribution in [0.5, 0.6) is 0 Å². The average Bonchev–Trinajstić information content (AvgIpc) is 2.30. The Morgan fingerprint density at radius 1 is 1.62 bits per heavy atom. The fourth-order valence-electron chi connectivity index (χ4n) is 1.98. The van der Waals surface area contributed by atoms with E-state index in [1.54, 1.807) is 0 Å². The molecule has 0 amide bonds. The van der Waals surface area contributed by atoms with Crippen LogP contribution in [0, 0.1) is 5.92 Å². The van der Waals surface area contributed by atoms with Gasteiger partial charge in [0, 0.05) is 0 Å². The van der Waals surface area contributed by atoms with Crippen LogP contribution in [-0.4, -0.2) is 24.3 Å². The van der Waals surface area contributed by atoms with Crippen molar-refractivity contribution in [2.45, 2.75) is 39.2 Å². The summed E-state index contributed by atoms with van der Waals surface area (Å²) in [6, 6.07) is 0. The Bertz CT molecular complexity index is 315. The van der Waals surface area contributed by atoms with Crippen molar-refractivity contribution >= 4 is 5.97 Å². The number of allylic oxidation sites excluding steroid dienone is 2. The summed E-state index contributed by atoms with van der Waals surface area (Å²) >= 11 is 0. The van der Waals surface area contributed by atoms with Crippen LogP contribution in [0.25, 0.3) is 0 Å². The molecule has 0 spiro atoms. The average molecular weight is 224 g/mol. The smallest absolute Gasteiger partial charge is 0.308 e. The van der Waals surface area contributed by atoms with Gasteiger partial charge in [-0.05, 0) is 30.4 Å². The molecular formula is C13H20O3. The first kappa shape index (κ1) is 13.0. The standard InChI is InChI=1S/C13H20O3/c1-4-10-8-12(14)6-5-11(10)7-9(2)13(15)16-3/h5,8-9,12,14H,4,6-7H2,1-3H3/t9-,12?/m0/s1. The molecule has 0 saturated carbocycles. The summed E-state index contributed by atoms with van der Waals surface area (Å²) in [5.41, 5.74) is 2.32. The van der Waals surface area contributed by atoms with Gasteiger partial charge in [-0.2, -0.15) is 0 Å². The first-order valence-electron chi connectivity index (χ1n) is 5.74. The molecule has 90 valence electrons. The Morgan fingerprint density at radius 2 is 2.31 bits per heavy atom. The highest BCUT2D eigenvalue weighted by Crippen LogP contribution is 2.27. The lowest BCUT2D eigenvalue weighted by molar-refractivity contribution is -0.144. The normalized spacial score (nSPS) is 22.1. The molecule has 0 heterocycles. The number of esters is 1. The lowest BCUT2D eigenvalue weighted by Gasteiger charge is -2.20. The van der Waals surface area contributed by atoms with Crippen molar-refractivity contribution in [1.82, 2.24) is 0 Å². The minimum absolute atomic E-state index is 0.124. The molecule has 0 radical (unpaired) electrons. The monoisotopic (exact) mass is 224 g/mol. The van der Waals surface area contributed by atoms with Crippen molar-refractivity contribution in [3.8, 4) is 0 Å². The van der Waals surface area contributed by atoms with Crippen LogP contribution < -0.4 is 0 Å². The van der Waals surface area contributed by atoms with E-state index in [2.05, 4.69) is 6.92 Å². The Kier molecular flexibility index (Phi) is 4.74. The van der Waals surface area contributed by atoms with Gasteiger partial charge in [0.15, 0.2) is 0 Å². The van der Waals surface area contributed by atoms with Crippen LogP contribution in [0.15, 0.2) is 23.3 Å². The summed E-state index contributed by atoms with van der Waals surface area (Å²) in [6.07, 6.45) is 5.78. The molecule has 0 aliphatic heterocycles. The van der Waals surface area contributed by atoms with Crippen LogP contribution in [0.4, 0.5) is 0 Å². The highest BCUT2D eigenvalue weighted by atomic mass is 16.5. The third-order valence-electron chi connectivity index (χ3n) is 2.92. The molecule has 0 aromatic rings. The molecule has 1 aliphatic rings. The molecule has 1 unspecified atom stereocenters. The Labute approximate surface area is 96.8 Å². The maximum Gasteiger partial charge on any atom is 0.308 e. The highest BCUT2D eigenvalue weighted by Gasteiger charge is 2.19. The fourth-order valence-corrected chi connectivity index (χ4v) is 1.98. The second-order valence-corrected chi connectivity index (χ2v) is 4.21. The number of rotatable bonds is 4. The number of methoxy groups -OCH3 is 1. The SMILES string of the molecule is CCC1=CC(O)CC=C1C[C@H](C)C(=O)OC. The van der Waals surface area contributed by atoms with E-state index in [4.69, 9.17) is 4.74 Å². The predicted molar refractivity (Wildman–Crippen MR) is 62.9 cm³/mol. The van der Waals surface area contributed by atoms with E-state index in [0.29, 0.717) is 12.8 Å². The lowest BCUT2D eigenvalue weighted by atomic mass is 9.88. The van der Waals surface area contributed by atoms with Crippen LogP contribution in [0.2, 0.25) is 0 Å². The van der Waals surface area contributed by atoms with Crippen molar-refractivity contribution < 1.29 is 14.6 Å². The van der Waals surface area contributed by atoms with Gasteiger partial charge in [0.25, 0.3) is 0 Å². The summed E-state index contributed by atoms with van der Waals surface area (Å²) in [7, 11) is 1.41. The predicted octanol–water partition coefficient (Wildman–Crippen LogP) is 2.21. The zero-order valence-electron chi connectivity index (χ0n) is 10.2. The van der Waals surface area contributed by atoms with Gasteiger partial charge < -0.3 is 9.84 Å². The molecule has 1 N–H and O–H groups in total. The third-order valence-corrected chi connectivity index (χ3v) is 2.92. The molecule has 2 atom stereocenters. The Hall–Kier alpha value is -1.09. The molecule has 3 nitrogen and oxygen atoms in total. The molecule has 1 rings (SSSR count). The molecule has 0 bridgehead atoms. The maximum atomic E-state index is 11.3. The molecule has 1 aliphatic carbocycles. The van der Waals surface area contributed by atoms with Gasteiger partial charge in [0.05, 0.1) is 19.1 Å². The second-order valence-electron chi connectivity index (χ2n) is 4.21. The Morgan fingerprint density at radius 3 is 2.88 bits per heavy atom. The van der Waals surface area contributed by atoms with Crippen LogP contribution in [0.3, 0.4) is 0 Å². The van der Waals surface area contributed by atoms with E-state index in [1.165, 1.54) is 12.7 Å². The summed E-state index contributed by atoms with van der Waals surface area (Å²) in [5.74, 6) is -0.302. The number of carbonyl (C=O) groups is 1. The topological polar surface area (TPSA) is 46.5 Å². The maximum absolute atomic E-state index is 11.3. The summed E-state index contributed by atoms with van der Waals surface area (Å²) in [4.78, 5) is 11.3. The third kappa shape index (κ3) is 3.20. The van der Waals surface area contributed by atoms with Gasteiger partial charge in [-0.15, -0.1) is 0 Å². The number of hydrogen-bond donors (Lipinski definition) is 1. The minimum atomic E-state index is -0.368. The van der Waals surface area contributed by atoms with Gasteiger partial charge in [-0.1, -0.05) is 26.0 Å². The molecule has 3 heteroatoms.